The lowest BCUT2D eigenvalue weighted by Crippen LogP contribution is -2.50. The fraction of sp³-hybridized carbons (Fsp3) is 0.381. The van der Waals surface area contributed by atoms with Gasteiger partial charge in [0.25, 0.3) is 0 Å². The summed E-state index contributed by atoms with van der Waals surface area (Å²) in [5, 5.41) is 42.3. The number of halogens is 2. The lowest BCUT2D eigenvalue weighted by Gasteiger charge is -2.36. The number of aliphatic hydroxyl groups excluding tert-OH is 1. The number of hydrogen-bond donors (Lipinski definition) is 4. The summed E-state index contributed by atoms with van der Waals surface area (Å²) >= 11 is 13.6. The summed E-state index contributed by atoms with van der Waals surface area (Å²) in [5.41, 5.74) is 3.65. The molecule has 0 saturated carbocycles. The number of likely N-dealkylation sites (tertiary alicyclic amines) is 1. The molecule has 1 atom stereocenters. The standard InChI is InChI=1S/C42H46Cl2N4O9/c1-3-54-41(52)42(53)11-14-48(15-12-42)13-6-16-55-36-10-5-9-33(39(36)44)32-8-4-7-30(27(32)2)26-57-38-19-37(56-25-29-17-28(20-45)21-46-22-29)31(18-34(38)43)23-47-35(24-49)40(50)51/h4-5,7-10,17-19,21-22,35,47,49,53H,3,6,11-16,23-26H2,1-2H3,(H,50,51)/t35-/m0/s1. The first-order chi connectivity index (χ1) is 27.5. The van der Waals surface area contributed by atoms with Gasteiger partial charge in [0.05, 0.1) is 35.4 Å². The predicted octanol–water partition coefficient (Wildman–Crippen LogP) is 6.09. The molecule has 0 amide bonds. The molecule has 0 bridgehead atoms. The molecule has 1 saturated heterocycles. The predicted molar refractivity (Wildman–Crippen MR) is 213 cm³/mol. The number of aliphatic carboxylic acids is 1. The van der Waals surface area contributed by atoms with Gasteiger partial charge in [-0.15, -0.1) is 0 Å². The Morgan fingerprint density at radius 2 is 1.72 bits per heavy atom. The van der Waals surface area contributed by atoms with E-state index in [1.807, 2.05) is 43.3 Å². The van der Waals surface area contributed by atoms with Crippen LogP contribution in [0.4, 0.5) is 0 Å². The quantitative estimate of drug-likeness (QED) is 0.0631. The topological polar surface area (TPSA) is 184 Å². The molecular weight excluding hydrogens is 775 g/mol. The van der Waals surface area contributed by atoms with Crippen LogP contribution in [0.3, 0.4) is 0 Å². The molecule has 13 nitrogen and oxygen atoms in total. The summed E-state index contributed by atoms with van der Waals surface area (Å²) in [4.78, 5) is 29.9. The van der Waals surface area contributed by atoms with E-state index >= 15 is 0 Å². The Labute approximate surface area is 341 Å². The van der Waals surface area contributed by atoms with E-state index in [2.05, 4.69) is 21.3 Å². The number of rotatable bonds is 19. The molecule has 0 radical (unpaired) electrons. The van der Waals surface area contributed by atoms with Crippen molar-refractivity contribution in [3.8, 4) is 34.4 Å². The zero-order chi connectivity index (χ0) is 41.0. The number of hydrogen-bond acceptors (Lipinski definition) is 12. The van der Waals surface area contributed by atoms with Gasteiger partial charge in [0.1, 0.15) is 42.6 Å². The van der Waals surface area contributed by atoms with E-state index in [0.717, 1.165) is 35.2 Å². The molecule has 1 aromatic heterocycles. The summed E-state index contributed by atoms with van der Waals surface area (Å²) in [6.45, 7) is 5.93. The Morgan fingerprint density at radius 3 is 2.44 bits per heavy atom. The summed E-state index contributed by atoms with van der Waals surface area (Å²) in [5.74, 6) is -0.512. The molecule has 0 spiro atoms. The van der Waals surface area contributed by atoms with Crippen LogP contribution >= 0.6 is 23.2 Å². The number of nitrogens with zero attached hydrogens (tertiary/aromatic N) is 3. The number of aromatic nitrogens is 1. The van der Waals surface area contributed by atoms with Crippen molar-refractivity contribution in [2.45, 2.75) is 64.5 Å². The van der Waals surface area contributed by atoms with Crippen LogP contribution in [-0.4, -0.2) is 88.2 Å². The maximum Gasteiger partial charge on any atom is 0.338 e. The number of carboxylic acid groups (broad SMARTS) is 1. The van der Waals surface area contributed by atoms with E-state index in [1.165, 1.54) is 6.20 Å². The maximum atomic E-state index is 12.1. The molecule has 1 fully saturated rings. The first-order valence-corrected chi connectivity index (χ1v) is 19.3. The SMILES string of the molecule is CCOC(=O)C1(O)CCN(CCCOc2cccc(-c3cccc(COc4cc(OCc5cncc(C#N)c5)c(CN[C@@H](CO)C(=O)O)cc4Cl)c3C)c2Cl)CC1. The molecular formula is C42H46Cl2N4O9. The van der Waals surface area contributed by atoms with Crippen LogP contribution in [0, 0.1) is 18.3 Å². The second-order valence-corrected chi connectivity index (χ2v) is 14.4. The average Bonchev–Trinajstić information content (AvgIpc) is 3.20. The zero-order valence-corrected chi connectivity index (χ0v) is 33.3. The Kier molecular flexibility index (Phi) is 15.5. The van der Waals surface area contributed by atoms with Gasteiger partial charge in [-0.05, 0) is 68.0 Å². The van der Waals surface area contributed by atoms with Gasteiger partial charge in [-0.1, -0.05) is 53.5 Å². The number of carbonyl (C=O) groups excluding carboxylic acids is 1. The van der Waals surface area contributed by atoms with Crippen molar-refractivity contribution in [3.63, 3.8) is 0 Å². The molecule has 3 aromatic carbocycles. The number of esters is 1. The first kappa shape index (κ1) is 43.2. The van der Waals surface area contributed by atoms with Crippen LogP contribution in [0.1, 0.15) is 54.0 Å². The van der Waals surface area contributed by atoms with E-state index in [0.29, 0.717) is 71.5 Å². The lowest BCUT2D eigenvalue weighted by atomic mass is 9.91. The van der Waals surface area contributed by atoms with Crippen molar-refractivity contribution in [1.29, 1.82) is 5.26 Å². The molecule has 15 heteroatoms. The van der Waals surface area contributed by atoms with Gasteiger partial charge in [-0.3, -0.25) is 15.1 Å². The summed E-state index contributed by atoms with van der Waals surface area (Å²) in [6.07, 6.45) is 4.42. The Hall–Kier alpha value is -4.94. The van der Waals surface area contributed by atoms with Crippen LogP contribution in [0.25, 0.3) is 11.1 Å². The number of aliphatic hydroxyl groups is 2. The van der Waals surface area contributed by atoms with Crippen molar-refractivity contribution < 1.29 is 43.9 Å². The highest BCUT2D eigenvalue weighted by molar-refractivity contribution is 6.35. The van der Waals surface area contributed by atoms with Crippen molar-refractivity contribution >= 4 is 35.1 Å². The summed E-state index contributed by atoms with van der Waals surface area (Å²) in [6, 6.07) is 17.2. The second-order valence-electron chi connectivity index (χ2n) is 13.6. The number of ether oxygens (including phenoxy) is 4. The van der Waals surface area contributed by atoms with Crippen LogP contribution in [0.5, 0.6) is 17.2 Å². The van der Waals surface area contributed by atoms with E-state index in [1.54, 1.807) is 31.3 Å². The Bertz CT molecular complexity index is 2070. The highest BCUT2D eigenvalue weighted by atomic mass is 35.5. The molecule has 1 aliphatic rings. The zero-order valence-electron chi connectivity index (χ0n) is 31.8. The van der Waals surface area contributed by atoms with Crippen molar-refractivity contribution in [1.82, 2.24) is 15.2 Å². The van der Waals surface area contributed by atoms with Gasteiger partial charge in [-0.25, -0.2) is 4.79 Å². The van der Waals surface area contributed by atoms with Gasteiger partial charge in [0.15, 0.2) is 5.60 Å². The molecule has 2 heterocycles. The molecule has 302 valence electrons. The molecule has 57 heavy (non-hydrogen) atoms. The minimum Gasteiger partial charge on any atom is -0.492 e. The third-order valence-electron chi connectivity index (χ3n) is 9.75. The Balaban J connectivity index is 1.24. The van der Waals surface area contributed by atoms with Gasteiger partial charge in [-0.2, -0.15) is 5.26 Å². The highest BCUT2D eigenvalue weighted by Gasteiger charge is 2.40. The largest absolute Gasteiger partial charge is 0.492 e. The molecule has 4 N–H and O–H groups in total. The Morgan fingerprint density at radius 1 is 0.982 bits per heavy atom. The molecule has 0 aliphatic carbocycles. The minimum atomic E-state index is -1.42. The molecule has 1 aliphatic heterocycles. The van der Waals surface area contributed by atoms with Gasteiger partial charge in [0, 0.05) is 61.3 Å². The third-order valence-corrected chi connectivity index (χ3v) is 10.4. The summed E-state index contributed by atoms with van der Waals surface area (Å²) in [7, 11) is 0. The summed E-state index contributed by atoms with van der Waals surface area (Å²) < 4.78 is 23.5. The molecule has 5 rings (SSSR count). The van der Waals surface area contributed by atoms with Crippen LogP contribution in [-0.2, 0) is 34.1 Å². The normalized spacial score (nSPS) is 14.3. The fourth-order valence-electron chi connectivity index (χ4n) is 6.41. The maximum absolute atomic E-state index is 12.1. The number of benzene rings is 3. The van der Waals surface area contributed by atoms with Gasteiger partial charge < -0.3 is 39.2 Å². The third kappa shape index (κ3) is 11.3. The number of nitrogens with one attached hydrogen (secondary N) is 1. The molecule has 0 unspecified atom stereocenters. The average molecular weight is 822 g/mol. The van der Waals surface area contributed by atoms with Crippen molar-refractivity contribution in [2.24, 2.45) is 0 Å². The number of piperidine rings is 1. The van der Waals surface area contributed by atoms with E-state index < -0.39 is 30.2 Å². The number of nitriles is 1. The van der Waals surface area contributed by atoms with Gasteiger partial charge >= 0.3 is 11.9 Å². The second kappa shape index (κ2) is 20.5. The van der Waals surface area contributed by atoms with Gasteiger partial charge in [0.2, 0.25) is 0 Å². The van der Waals surface area contributed by atoms with E-state index in [-0.39, 0.29) is 31.4 Å². The fourth-order valence-corrected chi connectivity index (χ4v) is 6.94. The first-order valence-electron chi connectivity index (χ1n) is 18.6. The monoisotopic (exact) mass is 820 g/mol. The lowest BCUT2D eigenvalue weighted by molar-refractivity contribution is -0.170. The van der Waals surface area contributed by atoms with E-state index in [9.17, 15) is 30.2 Å². The van der Waals surface area contributed by atoms with Crippen LogP contribution < -0.4 is 19.5 Å². The van der Waals surface area contributed by atoms with E-state index in [4.69, 9.17) is 42.1 Å². The van der Waals surface area contributed by atoms with Crippen molar-refractivity contribution in [3.05, 3.63) is 105 Å². The highest BCUT2D eigenvalue weighted by Crippen LogP contribution is 2.39. The van der Waals surface area contributed by atoms with Crippen molar-refractivity contribution in [2.75, 3.05) is 39.5 Å². The smallest absolute Gasteiger partial charge is 0.338 e. The number of carbonyl (C=O) groups is 2. The molecule has 4 aromatic rings. The minimum absolute atomic E-state index is 0.0240. The number of carboxylic acids is 1. The van der Waals surface area contributed by atoms with Crippen LogP contribution in [0.2, 0.25) is 10.0 Å². The number of pyridine rings is 1. The van der Waals surface area contributed by atoms with Crippen LogP contribution in [0.15, 0.2) is 67.0 Å².